The number of hydrogen-bond acceptors (Lipinski definition) is 6. The molecule has 0 aromatic heterocycles. The number of likely N-dealkylation sites (tertiary alicyclic amines) is 1. The maximum atomic E-state index is 13.2. The molecule has 1 saturated carbocycles. The van der Waals surface area contributed by atoms with Crippen LogP contribution in [-0.2, 0) is 20.9 Å². The molecule has 6 N–H and O–H groups in total. The molecule has 2 atom stereocenters. The van der Waals surface area contributed by atoms with Gasteiger partial charge in [0.2, 0.25) is 11.8 Å². The zero-order chi connectivity index (χ0) is 24.8. The van der Waals surface area contributed by atoms with Crippen LogP contribution in [0.2, 0.25) is 0 Å². The Morgan fingerprint density at radius 2 is 1.91 bits per heavy atom. The first-order chi connectivity index (χ1) is 16.2. The smallest absolute Gasteiger partial charge is 0.317 e. The average Bonchev–Trinajstić information content (AvgIpc) is 2.77. The lowest BCUT2D eigenvalue weighted by atomic mass is 9.82. The van der Waals surface area contributed by atoms with Crippen molar-refractivity contribution >= 4 is 23.6 Å². The number of rotatable bonds is 9. The summed E-state index contributed by atoms with van der Waals surface area (Å²) in [5.41, 5.74) is 6.00. The molecule has 2 aliphatic rings. The van der Waals surface area contributed by atoms with E-state index in [1.54, 1.807) is 0 Å². The van der Waals surface area contributed by atoms with E-state index in [0.717, 1.165) is 32.1 Å². The van der Waals surface area contributed by atoms with Crippen molar-refractivity contribution in [3.05, 3.63) is 35.3 Å². The van der Waals surface area contributed by atoms with Crippen LogP contribution in [0.25, 0.3) is 0 Å². The van der Waals surface area contributed by atoms with Gasteiger partial charge >= 0.3 is 5.97 Å². The fourth-order valence-corrected chi connectivity index (χ4v) is 4.24. The number of carbonyl (C=O) groups excluding carboxylic acids is 2. The van der Waals surface area contributed by atoms with Crippen molar-refractivity contribution < 1.29 is 27.4 Å². The van der Waals surface area contributed by atoms with Crippen LogP contribution in [0.15, 0.2) is 29.4 Å². The average molecular weight is 450 g/mol. The van der Waals surface area contributed by atoms with Crippen molar-refractivity contribution in [2.75, 3.05) is 13.1 Å². The van der Waals surface area contributed by atoms with Crippen LogP contribution in [0.4, 0.5) is 0 Å². The fourth-order valence-electron chi connectivity index (χ4n) is 4.24. The Hall–Kier alpha value is -3.14. The number of nitrogens with zero attached hydrogens (tertiary/aromatic N) is 2. The summed E-state index contributed by atoms with van der Waals surface area (Å²) in [5.74, 6) is -1.92. The molecule has 2 amide bonds. The van der Waals surface area contributed by atoms with Crippen molar-refractivity contribution in [3.8, 4) is 0 Å². The molecule has 0 radical (unpaired) electrons. The molecule has 1 heterocycles. The van der Waals surface area contributed by atoms with E-state index in [2.05, 4.69) is 15.8 Å². The third kappa shape index (κ3) is 5.76. The minimum atomic E-state index is -1.04. The van der Waals surface area contributed by atoms with Crippen LogP contribution in [0.5, 0.6) is 0 Å². The fraction of sp³-hybridized carbons (Fsp3) is 0.545. The first kappa shape index (κ1) is 20.7. The van der Waals surface area contributed by atoms with Crippen LogP contribution >= 0.6 is 0 Å². The number of hydrogen-bond donors (Lipinski definition) is 5. The number of benzene rings is 1. The molecule has 10 heteroatoms. The Balaban J connectivity index is 1.63. The number of carbonyl (C=O) groups is 3. The van der Waals surface area contributed by atoms with Crippen molar-refractivity contribution in [1.82, 2.24) is 15.5 Å². The van der Waals surface area contributed by atoms with Crippen molar-refractivity contribution in [2.45, 2.75) is 57.2 Å². The molecule has 174 valence electrons. The molecule has 0 bridgehead atoms. The summed E-state index contributed by atoms with van der Waals surface area (Å²) in [4.78, 5) is 38.6. The molecule has 0 spiro atoms. The van der Waals surface area contributed by atoms with Gasteiger partial charge in [-0.3, -0.25) is 19.7 Å². The molecule has 1 aliphatic heterocycles. The monoisotopic (exact) mass is 449 g/mol. The predicted molar refractivity (Wildman–Crippen MR) is 117 cm³/mol. The Bertz CT molecular complexity index is 944. The molecule has 1 aromatic rings. The first-order valence-corrected chi connectivity index (χ1v) is 10.8. The molecule has 32 heavy (non-hydrogen) atoms. The van der Waals surface area contributed by atoms with Gasteiger partial charge in [0.05, 0.1) is 15.3 Å². The molecule has 1 aliphatic carbocycles. The minimum absolute atomic E-state index is 0.00374. The van der Waals surface area contributed by atoms with E-state index in [9.17, 15) is 14.4 Å². The molecule has 3 rings (SSSR count). The summed E-state index contributed by atoms with van der Waals surface area (Å²) in [6.07, 6.45) is 5.30. The van der Waals surface area contributed by atoms with Gasteiger partial charge in [0.1, 0.15) is 6.04 Å². The van der Waals surface area contributed by atoms with Crippen LogP contribution in [0, 0.1) is 5.92 Å². The summed E-state index contributed by atoms with van der Waals surface area (Å²) >= 11 is 0. The van der Waals surface area contributed by atoms with Crippen LogP contribution < -0.4 is 16.4 Å². The van der Waals surface area contributed by atoms with Crippen molar-refractivity contribution in [3.63, 3.8) is 0 Å². The lowest BCUT2D eigenvalue weighted by Gasteiger charge is -2.43. The molecule has 10 nitrogen and oxygen atoms in total. The van der Waals surface area contributed by atoms with Gasteiger partial charge in [-0.1, -0.05) is 48.6 Å². The van der Waals surface area contributed by atoms with Gasteiger partial charge in [0.15, 0.2) is 5.84 Å². The number of amidine groups is 1. The van der Waals surface area contributed by atoms with Crippen molar-refractivity contribution in [2.24, 2.45) is 16.8 Å². The highest BCUT2D eigenvalue weighted by atomic mass is 16.4. The van der Waals surface area contributed by atoms with E-state index in [-0.39, 0.29) is 54.3 Å². The second kappa shape index (κ2) is 10.9. The van der Waals surface area contributed by atoms with Gasteiger partial charge in [-0.2, -0.15) is 0 Å². The third-order valence-electron chi connectivity index (χ3n) is 6.10. The molecule has 1 saturated heterocycles. The number of oxime groups is 1. The van der Waals surface area contributed by atoms with Gasteiger partial charge in [-0.15, -0.1) is 0 Å². The summed E-state index contributed by atoms with van der Waals surface area (Å²) in [7, 11) is 0. The second-order valence-corrected chi connectivity index (χ2v) is 8.22. The number of nitrogens with two attached hydrogens (primary N) is 1. The largest absolute Gasteiger partial charge is 0.480 e. The Morgan fingerprint density at radius 1 is 1.22 bits per heavy atom. The third-order valence-corrected chi connectivity index (χ3v) is 6.10. The topological polar surface area (TPSA) is 157 Å². The molecular formula is C22H31N5O5. The van der Waals surface area contributed by atoms with E-state index >= 15 is 0 Å². The first-order valence-electron chi connectivity index (χ1n) is 11.8. The van der Waals surface area contributed by atoms with E-state index in [1.165, 1.54) is 17.0 Å². The van der Waals surface area contributed by atoms with Crippen LogP contribution in [0.1, 0.15) is 52.4 Å². The maximum Gasteiger partial charge on any atom is 0.317 e. The number of carboxylic acid groups (broad SMARTS) is 1. The lowest BCUT2D eigenvalue weighted by Crippen LogP contribution is -2.63. The standard InChI is InChI=1S/C22H31N5O5/c23-20(26-32)16-8-6-14(7-9-16)12-25-21(30)17-10-11-27(17)22(31)19(24-13-18(28)29)15-4-2-1-3-5-15/h6-9,15,17,19,24,32H,1-5,10-13H2,(H2,23,26)(H,25,30)(H,28,29)/t17-,19+/m0/s1/i8T,9T. The number of carboxylic acids is 1. The Kier molecular flexibility index (Phi) is 7.09. The molecule has 2 fully saturated rings. The summed E-state index contributed by atoms with van der Waals surface area (Å²) in [6, 6.07) is 1.36. The quantitative estimate of drug-likeness (QED) is 0.160. The minimum Gasteiger partial charge on any atom is -0.480 e. The summed E-state index contributed by atoms with van der Waals surface area (Å²) in [6.45, 7) is 0.163. The summed E-state index contributed by atoms with van der Waals surface area (Å²) in [5, 5.41) is 26.3. The van der Waals surface area contributed by atoms with E-state index in [1.807, 2.05) is 0 Å². The highest BCUT2D eigenvalue weighted by Crippen LogP contribution is 2.29. The van der Waals surface area contributed by atoms with Crippen molar-refractivity contribution in [1.29, 1.82) is 0 Å². The van der Waals surface area contributed by atoms with E-state index in [0.29, 0.717) is 18.5 Å². The van der Waals surface area contributed by atoms with Crippen LogP contribution in [-0.4, -0.2) is 64.0 Å². The second-order valence-electron chi connectivity index (χ2n) is 8.22. The van der Waals surface area contributed by atoms with Gasteiger partial charge in [-0.05, 0) is 30.7 Å². The normalized spacial score (nSPS) is 21.2. The molecular weight excluding hydrogens is 414 g/mol. The van der Waals surface area contributed by atoms with E-state index < -0.39 is 18.1 Å². The van der Waals surface area contributed by atoms with Gasteiger partial charge in [-0.25, -0.2) is 0 Å². The number of nitrogens with one attached hydrogen (secondary N) is 2. The maximum absolute atomic E-state index is 13.2. The molecule has 1 aromatic carbocycles. The van der Waals surface area contributed by atoms with Gasteiger partial charge in [0, 0.05) is 18.7 Å². The number of amides is 2. The number of aliphatic carboxylic acids is 1. The lowest BCUT2D eigenvalue weighted by molar-refractivity contribution is -0.150. The zero-order valence-corrected chi connectivity index (χ0v) is 17.8. The van der Waals surface area contributed by atoms with Crippen LogP contribution in [0.3, 0.4) is 0 Å². The highest BCUT2D eigenvalue weighted by molar-refractivity contribution is 5.97. The van der Waals surface area contributed by atoms with E-state index in [4.69, 9.17) is 18.8 Å². The predicted octanol–water partition coefficient (Wildman–Crippen LogP) is 0.621. The summed E-state index contributed by atoms with van der Waals surface area (Å²) < 4.78 is 16.0. The van der Waals surface area contributed by atoms with Gasteiger partial charge in [0.25, 0.3) is 0 Å². The Morgan fingerprint density at radius 3 is 2.47 bits per heavy atom. The molecule has 0 unspecified atom stereocenters. The van der Waals surface area contributed by atoms with Gasteiger partial charge < -0.3 is 26.3 Å². The highest BCUT2D eigenvalue weighted by Gasteiger charge is 2.42. The SMILES string of the molecule is [3H]c1cc(CNC(=O)[C@@H]2CCN2C(=O)[C@H](NCC(=O)O)C2CCCCC2)cc([3H])c1/C(N)=N/O. The zero-order valence-electron chi connectivity index (χ0n) is 19.8. The Labute approximate surface area is 189 Å².